The minimum atomic E-state index is 0.0141. The van der Waals surface area contributed by atoms with Gasteiger partial charge in [0.05, 0.1) is 6.33 Å². The van der Waals surface area contributed by atoms with E-state index in [0.29, 0.717) is 12.4 Å². The Balaban J connectivity index is 1.07. The predicted molar refractivity (Wildman–Crippen MR) is 139 cm³/mol. The number of aromatic nitrogens is 4. The summed E-state index contributed by atoms with van der Waals surface area (Å²) < 4.78 is 1.95. The number of hydrogen-bond acceptors (Lipinski definition) is 7. The second kappa shape index (κ2) is 10.9. The lowest BCUT2D eigenvalue weighted by molar-refractivity contribution is -0.125. The van der Waals surface area contributed by atoms with Crippen LogP contribution in [0.25, 0.3) is 5.69 Å². The zero-order chi connectivity index (χ0) is 24.7. The third kappa shape index (κ3) is 5.80. The Morgan fingerprint density at radius 3 is 2.42 bits per heavy atom. The molecule has 1 amide bonds. The van der Waals surface area contributed by atoms with E-state index >= 15 is 0 Å². The van der Waals surface area contributed by atoms with E-state index in [4.69, 9.17) is 0 Å². The maximum absolute atomic E-state index is 12.6. The highest BCUT2D eigenvalue weighted by Crippen LogP contribution is 2.23. The van der Waals surface area contributed by atoms with Crippen LogP contribution in [0.2, 0.25) is 0 Å². The van der Waals surface area contributed by atoms with Gasteiger partial charge in [-0.2, -0.15) is 0 Å². The number of carbonyl (C=O) groups is 1. The fourth-order valence-electron chi connectivity index (χ4n) is 4.34. The molecule has 1 aliphatic rings. The van der Waals surface area contributed by atoms with E-state index in [-0.39, 0.29) is 17.6 Å². The third-order valence-corrected chi connectivity index (χ3v) is 6.43. The summed E-state index contributed by atoms with van der Waals surface area (Å²) in [5.74, 6) is 1.87. The van der Waals surface area contributed by atoms with Crippen molar-refractivity contribution in [2.24, 2.45) is 5.92 Å². The summed E-state index contributed by atoms with van der Waals surface area (Å²) >= 11 is 0. The highest BCUT2D eigenvalue weighted by molar-refractivity contribution is 5.79. The third-order valence-electron chi connectivity index (χ3n) is 6.43. The number of phenols is 1. The van der Waals surface area contributed by atoms with Crippen molar-refractivity contribution < 1.29 is 9.90 Å². The molecular weight excluding hydrogens is 454 g/mol. The first kappa shape index (κ1) is 23.3. The van der Waals surface area contributed by atoms with Crippen molar-refractivity contribution in [1.29, 1.82) is 0 Å². The van der Waals surface area contributed by atoms with Gasteiger partial charge in [-0.15, -0.1) is 10.2 Å². The molecule has 5 rings (SSSR count). The van der Waals surface area contributed by atoms with E-state index in [0.717, 1.165) is 55.1 Å². The Labute approximate surface area is 209 Å². The molecule has 9 nitrogen and oxygen atoms in total. The fourth-order valence-corrected chi connectivity index (χ4v) is 4.34. The summed E-state index contributed by atoms with van der Waals surface area (Å²) in [4.78, 5) is 18.8. The monoisotopic (exact) mass is 483 g/mol. The number of carbonyl (C=O) groups excluding carboxylic acids is 1. The van der Waals surface area contributed by atoms with Crippen LogP contribution in [0.15, 0.2) is 79.4 Å². The number of piperidine rings is 1. The molecule has 4 aromatic rings. The molecule has 1 fully saturated rings. The van der Waals surface area contributed by atoms with Crippen molar-refractivity contribution in [3.05, 3.63) is 84.9 Å². The van der Waals surface area contributed by atoms with Gasteiger partial charge in [-0.1, -0.05) is 12.1 Å². The first-order valence-electron chi connectivity index (χ1n) is 12.1. The molecule has 9 heteroatoms. The molecule has 2 aromatic carbocycles. The van der Waals surface area contributed by atoms with Gasteiger partial charge >= 0.3 is 0 Å². The SMILES string of the molecule is O=C(NCCc1ccc(O)cc1)C1CCN(c2ccc(Nc3ccc(-n4ccnc4)cc3)nn2)CC1. The Bertz CT molecular complexity index is 1250. The van der Waals surface area contributed by atoms with Gasteiger partial charge < -0.3 is 25.2 Å². The van der Waals surface area contributed by atoms with Crippen molar-refractivity contribution in [3.8, 4) is 11.4 Å². The molecule has 0 aliphatic carbocycles. The average molecular weight is 484 g/mol. The van der Waals surface area contributed by atoms with Gasteiger partial charge in [-0.05, 0) is 73.4 Å². The van der Waals surface area contributed by atoms with Crippen LogP contribution in [-0.2, 0) is 11.2 Å². The molecule has 0 radical (unpaired) electrons. The lowest BCUT2D eigenvalue weighted by Crippen LogP contribution is -2.41. The quantitative estimate of drug-likeness (QED) is 0.351. The Morgan fingerprint density at radius 1 is 0.972 bits per heavy atom. The van der Waals surface area contributed by atoms with Crippen molar-refractivity contribution in [1.82, 2.24) is 25.1 Å². The lowest BCUT2D eigenvalue weighted by atomic mass is 9.96. The Kier molecular flexibility index (Phi) is 7.07. The molecule has 0 bridgehead atoms. The smallest absolute Gasteiger partial charge is 0.223 e. The van der Waals surface area contributed by atoms with Crippen LogP contribution >= 0.6 is 0 Å². The normalized spacial score (nSPS) is 13.9. The summed E-state index contributed by atoms with van der Waals surface area (Å²) in [6, 6.07) is 19.0. The van der Waals surface area contributed by atoms with Gasteiger partial charge in [-0.25, -0.2) is 4.98 Å². The van der Waals surface area contributed by atoms with Crippen LogP contribution in [0.1, 0.15) is 18.4 Å². The number of nitrogens with one attached hydrogen (secondary N) is 2. The number of anilines is 3. The summed E-state index contributed by atoms with van der Waals surface area (Å²) in [5.41, 5.74) is 3.05. The Hall–Kier alpha value is -4.40. The molecule has 184 valence electrons. The van der Waals surface area contributed by atoms with E-state index in [1.165, 1.54) is 0 Å². The summed E-state index contributed by atoms with van der Waals surface area (Å²) in [6.45, 7) is 2.14. The molecule has 3 N–H and O–H groups in total. The number of hydrogen-bond donors (Lipinski definition) is 3. The average Bonchev–Trinajstić information content (AvgIpc) is 3.46. The number of nitrogens with zero attached hydrogens (tertiary/aromatic N) is 5. The minimum absolute atomic E-state index is 0.0141. The van der Waals surface area contributed by atoms with E-state index < -0.39 is 0 Å². The Morgan fingerprint density at radius 2 is 1.75 bits per heavy atom. The maximum atomic E-state index is 12.6. The van der Waals surface area contributed by atoms with Gasteiger partial charge in [0.2, 0.25) is 5.91 Å². The van der Waals surface area contributed by atoms with Gasteiger partial charge in [0.1, 0.15) is 5.75 Å². The molecule has 0 unspecified atom stereocenters. The minimum Gasteiger partial charge on any atom is -0.508 e. The standard InChI is InChI=1S/C27H29N7O2/c35-24-7-1-20(2-8-24)11-14-29-27(36)21-12-16-33(17-13-21)26-10-9-25(31-32-26)30-22-3-5-23(6-4-22)34-18-15-28-19-34/h1-10,15,18-19,21,35H,11-14,16-17H2,(H,29,36)(H,30,31). The molecule has 0 saturated carbocycles. The van der Waals surface area contributed by atoms with Crippen molar-refractivity contribution in [3.63, 3.8) is 0 Å². The first-order chi connectivity index (χ1) is 17.6. The number of phenolic OH excluding ortho intramolecular Hbond substituents is 1. The zero-order valence-corrected chi connectivity index (χ0v) is 19.9. The first-order valence-corrected chi connectivity index (χ1v) is 12.1. The van der Waals surface area contributed by atoms with Gasteiger partial charge in [0, 0.05) is 49.3 Å². The van der Waals surface area contributed by atoms with Crippen molar-refractivity contribution in [2.75, 3.05) is 29.9 Å². The van der Waals surface area contributed by atoms with Gasteiger partial charge in [0.25, 0.3) is 0 Å². The van der Waals surface area contributed by atoms with Crippen LogP contribution in [0.5, 0.6) is 5.75 Å². The second-order valence-electron chi connectivity index (χ2n) is 8.89. The van der Waals surface area contributed by atoms with Crippen LogP contribution in [-0.4, -0.2) is 50.4 Å². The number of rotatable bonds is 8. The number of benzene rings is 2. The molecular formula is C27H29N7O2. The molecule has 1 aliphatic heterocycles. The second-order valence-corrected chi connectivity index (χ2v) is 8.89. The number of amides is 1. The summed E-state index contributed by atoms with van der Waals surface area (Å²) in [6.07, 6.45) is 7.74. The highest BCUT2D eigenvalue weighted by atomic mass is 16.3. The van der Waals surface area contributed by atoms with Crippen LogP contribution in [0, 0.1) is 5.92 Å². The molecule has 2 aromatic heterocycles. The largest absolute Gasteiger partial charge is 0.508 e. The van der Waals surface area contributed by atoms with Gasteiger partial charge in [0.15, 0.2) is 11.6 Å². The lowest BCUT2D eigenvalue weighted by Gasteiger charge is -2.31. The summed E-state index contributed by atoms with van der Waals surface area (Å²) in [5, 5.41) is 24.4. The van der Waals surface area contributed by atoms with Crippen LogP contribution < -0.4 is 15.5 Å². The predicted octanol–water partition coefficient (Wildman–Crippen LogP) is 3.69. The highest BCUT2D eigenvalue weighted by Gasteiger charge is 2.25. The number of aromatic hydroxyl groups is 1. The molecule has 0 spiro atoms. The summed E-state index contributed by atoms with van der Waals surface area (Å²) in [7, 11) is 0. The maximum Gasteiger partial charge on any atom is 0.223 e. The topological polar surface area (TPSA) is 108 Å². The molecule has 36 heavy (non-hydrogen) atoms. The molecule has 0 atom stereocenters. The molecule has 3 heterocycles. The van der Waals surface area contributed by atoms with Crippen molar-refractivity contribution >= 4 is 23.2 Å². The van der Waals surface area contributed by atoms with E-state index in [1.807, 2.05) is 59.3 Å². The van der Waals surface area contributed by atoms with Crippen molar-refractivity contribution in [2.45, 2.75) is 19.3 Å². The van der Waals surface area contributed by atoms with Crippen LogP contribution in [0.3, 0.4) is 0 Å². The zero-order valence-electron chi connectivity index (χ0n) is 19.9. The van der Waals surface area contributed by atoms with Gasteiger partial charge in [-0.3, -0.25) is 4.79 Å². The van der Waals surface area contributed by atoms with E-state index in [1.54, 1.807) is 24.7 Å². The fraction of sp³-hybridized carbons (Fsp3) is 0.259. The van der Waals surface area contributed by atoms with E-state index in [2.05, 4.69) is 30.7 Å². The molecule has 1 saturated heterocycles. The van der Waals surface area contributed by atoms with Crippen LogP contribution in [0.4, 0.5) is 17.3 Å². The number of imidazole rings is 1. The van der Waals surface area contributed by atoms with E-state index in [9.17, 15) is 9.90 Å².